The van der Waals surface area contributed by atoms with Crippen molar-refractivity contribution in [1.29, 1.82) is 0 Å². The van der Waals surface area contributed by atoms with Crippen molar-refractivity contribution in [2.75, 3.05) is 7.11 Å². The van der Waals surface area contributed by atoms with Crippen molar-refractivity contribution in [1.82, 2.24) is 4.90 Å². The number of halogens is 2. The third kappa shape index (κ3) is 5.43. The van der Waals surface area contributed by atoms with E-state index in [1.165, 1.54) is 4.90 Å². The molecule has 1 aliphatic rings. The molecule has 1 aliphatic heterocycles. The fourth-order valence-electron chi connectivity index (χ4n) is 3.27. The first-order chi connectivity index (χ1) is 16.0. The SMILES string of the molecule is COc1cccc(/C=C2\SC(=O)N(Cc3ccccc3Br)C2=O)c1OCc1ccc(Cl)cc1. The van der Waals surface area contributed by atoms with Crippen LogP contribution in [-0.4, -0.2) is 23.2 Å². The van der Waals surface area contributed by atoms with Gasteiger partial charge in [0.05, 0.1) is 18.6 Å². The molecule has 8 heteroatoms. The predicted octanol–water partition coefficient (Wildman–Crippen LogP) is 6.93. The fraction of sp³-hybridized carbons (Fsp3) is 0.120. The first-order valence-electron chi connectivity index (χ1n) is 9.99. The van der Waals surface area contributed by atoms with Crippen molar-refractivity contribution < 1.29 is 19.1 Å². The number of methoxy groups -OCH3 is 1. The molecule has 3 aromatic rings. The lowest BCUT2D eigenvalue weighted by Crippen LogP contribution is -2.27. The molecule has 0 unspecified atom stereocenters. The number of carbonyl (C=O) groups is 2. The molecule has 1 fully saturated rings. The number of amides is 2. The van der Waals surface area contributed by atoms with Gasteiger partial charge in [-0.3, -0.25) is 14.5 Å². The van der Waals surface area contributed by atoms with E-state index in [0.29, 0.717) is 33.6 Å². The minimum absolute atomic E-state index is 0.196. The maximum Gasteiger partial charge on any atom is 0.293 e. The van der Waals surface area contributed by atoms with Crippen LogP contribution in [0.2, 0.25) is 5.02 Å². The Labute approximate surface area is 209 Å². The highest BCUT2D eigenvalue weighted by Crippen LogP contribution is 2.38. The van der Waals surface area contributed by atoms with Gasteiger partial charge >= 0.3 is 0 Å². The lowest BCUT2D eigenvalue weighted by atomic mass is 10.1. The molecule has 2 amide bonds. The Morgan fingerprint density at radius 1 is 1.03 bits per heavy atom. The first-order valence-corrected chi connectivity index (χ1v) is 12.0. The number of imide groups is 1. The number of ether oxygens (including phenoxy) is 2. The van der Waals surface area contributed by atoms with E-state index in [0.717, 1.165) is 27.4 Å². The second-order valence-corrected chi connectivity index (χ2v) is 9.44. The van der Waals surface area contributed by atoms with Gasteiger partial charge in [-0.25, -0.2) is 0 Å². The molecule has 33 heavy (non-hydrogen) atoms. The Bertz CT molecular complexity index is 1230. The summed E-state index contributed by atoms with van der Waals surface area (Å²) in [4.78, 5) is 27.2. The lowest BCUT2D eigenvalue weighted by molar-refractivity contribution is -0.123. The summed E-state index contributed by atoms with van der Waals surface area (Å²) in [6, 6.07) is 20.3. The molecule has 168 valence electrons. The summed E-state index contributed by atoms with van der Waals surface area (Å²) < 4.78 is 12.4. The number of rotatable bonds is 7. The van der Waals surface area contributed by atoms with Crippen molar-refractivity contribution in [2.24, 2.45) is 0 Å². The van der Waals surface area contributed by atoms with E-state index in [4.69, 9.17) is 21.1 Å². The van der Waals surface area contributed by atoms with E-state index in [9.17, 15) is 9.59 Å². The number of hydrogen-bond donors (Lipinski definition) is 0. The van der Waals surface area contributed by atoms with Gasteiger partial charge in [0.15, 0.2) is 11.5 Å². The number of thioether (sulfide) groups is 1. The molecule has 0 aliphatic carbocycles. The van der Waals surface area contributed by atoms with Gasteiger partial charge in [0.1, 0.15) is 6.61 Å². The third-order valence-corrected chi connectivity index (χ3v) is 6.91. The summed E-state index contributed by atoms with van der Waals surface area (Å²) in [5, 5.41) is 0.337. The Hall–Kier alpha value is -2.74. The van der Waals surface area contributed by atoms with Crippen molar-refractivity contribution in [3.63, 3.8) is 0 Å². The van der Waals surface area contributed by atoms with E-state index >= 15 is 0 Å². The quantitative estimate of drug-likeness (QED) is 0.302. The van der Waals surface area contributed by atoms with Crippen LogP contribution in [0.15, 0.2) is 76.1 Å². The van der Waals surface area contributed by atoms with Gasteiger partial charge in [0.2, 0.25) is 0 Å². The van der Waals surface area contributed by atoms with E-state index in [1.54, 1.807) is 31.4 Å². The number of benzene rings is 3. The second kappa shape index (κ2) is 10.5. The molecule has 0 radical (unpaired) electrons. The zero-order valence-corrected chi connectivity index (χ0v) is 20.7. The third-order valence-electron chi connectivity index (χ3n) is 4.97. The molecule has 0 bridgehead atoms. The molecule has 0 N–H and O–H groups in total. The number of carbonyl (C=O) groups excluding carboxylic acids is 2. The van der Waals surface area contributed by atoms with Crippen molar-refractivity contribution >= 4 is 56.5 Å². The summed E-state index contributed by atoms with van der Waals surface area (Å²) in [5.74, 6) is 0.685. The second-order valence-electron chi connectivity index (χ2n) is 7.15. The average Bonchev–Trinajstić information content (AvgIpc) is 3.07. The average molecular weight is 545 g/mol. The topological polar surface area (TPSA) is 55.8 Å². The smallest absolute Gasteiger partial charge is 0.293 e. The standard InChI is InChI=1S/C25H19BrClNO4S/c1-31-21-8-4-6-17(23(21)32-15-16-9-11-19(27)12-10-16)13-22-24(29)28(25(30)33-22)14-18-5-2-3-7-20(18)26/h2-13H,14-15H2,1H3/b22-13-. The van der Waals surface area contributed by atoms with Crippen LogP contribution in [-0.2, 0) is 17.9 Å². The minimum Gasteiger partial charge on any atom is -0.493 e. The number of para-hydroxylation sites is 1. The zero-order valence-electron chi connectivity index (χ0n) is 17.6. The summed E-state index contributed by atoms with van der Waals surface area (Å²) in [6.07, 6.45) is 1.67. The van der Waals surface area contributed by atoms with Crippen molar-refractivity contribution in [3.05, 3.63) is 97.8 Å². The lowest BCUT2D eigenvalue weighted by Gasteiger charge is -2.14. The van der Waals surface area contributed by atoms with Crippen LogP contribution in [0.1, 0.15) is 16.7 Å². The minimum atomic E-state index is -0.341. The van der Waals surface area contributed by atoms with E-state index < -0.39 is 0 Å². The molecular weight excluding hydrogens is 526 g/mol. The van der Waals surface area contributed by atoms with Gasteiger partial charge in [-0.2, -0.15) is 0 Å². The van der Waals surface area contributed by atoms with Gasteiger partial charge in [0, 0.05) is 15.1 Å². The molecule has 0 saturated carbocycles. The van der Waals surface area contributed by atoms with Crippen LogP contribution in [0, 0.1) is 0 Å². The van der Waals surface area contributed by atoms with Crippen LogP contribution in [0.25, 0.3) is 6.08 Å². The van der Waals surface area contributed by atoms with Crippen LogP contribution in [0.3, 0.4) is 0 Å². The van der Waals surface area contributed by atoms with E-state index in [-0.39, 0.29) is 17.7 Å². The summed E-state index contributed by atoms with van der Waals surface area (Å²) in [5.41, 5.74) is 2.44. The van der Waals surface area contributed by atoms with Gasteiger partial charge in [-0.05, 0) is 53.2 Å². The Morgan fingerprint density at radius 2 is 1.79 bits per heavy atom. The van der Waals surface area contributed by atoms with Crippen molar-refractivity contribution in [3.8, 4) is 11.5 Å². The highest BCUT2D eigenvalue weighted by atomic mass is 79.9. The Kier molecular flexibility index (Phi) is 7.42. The largest absolute Gasteiger partial charge is 0.493 e. The van der Waals surface area contributed by atoms with Crippen molar-refractivity contribution in [2.45, 2.75) is 13.2 Å². The van der Waals surface area contributed by atoms with E-state index in [1.807, 2.05) is 48.5 Å². The van der Waals surface area contributed by atoms with E-state index in [2.05, 4.69) is 15.9 Å². The molecule has 4 rings (SSSR count). The molecule has 1 heterocycles. The van der Waals surface area contributed by atoms with Gasteiger partial charge in [0.25, 0.3) is 11.1 Å². The first kappa shape index (κ1) is 23.4. The Morgan fingerprint density at radius 3 is 2.52 bits per heavy atom. The highest BCUT2D eigenvalue weighted by molar-refractivity contribution is 9.10. The van der Waals surface area contributed by atoms with Crippen LogP contribution < -0.4 is 9.47 Å². The maximum atomic E-state index is 13.0. The highest BCUT2D eigenvalue weighted by Gasteiger charge is 2.35. The molecule has 0 aromatic heterocycles. The number of hydrogen-bond acceptors (Lipinski definition) is 5. The Balaban J connectivity index is 1.59. The normalized spacial score (nSPS) is 14.8. The molecule has 1 saturated heterocycles. The van der Waals surface area contributed by atoms with Gasteiger partial charge in [-0.1, -0.05) is 70.0 Å². The van der Waals surface area contributed by atoms with Gasteiger partial charge in [-0.15, -0.1) is 0 Å². The molecular formula is C25H19BrClNO4S. The number of nitrogens with zero attached hydrogens (tertiary/aromatic N) is 1. The summed E-state index contributed by atoms with van der Waals surface area (Å²) >= 11 is 10.3. The maximum absolute atomic E-state index is 13.0. The summed E-state index contributed by atoms with van der Waals surface area (Å²) in [6.45, 7) is 0.489. The molecule has 5 nitrogen and oxygen atoms in total. The van der Waals surface area contributed by atoms with Gasteiger partial charge < -0.3 is 9.47 Å². The molecule has 3 aromatic carbocycles. The fourth-order valence-corrected chi connectivity index (χ4v) is 4.64. The van der Waals surface area contributed by atoms with Crippen LogP contribution >= 0.6 is 39.3 Å². The predicted molar refractivity (Wildman–Crippen MR) is 134 cm³/mol. The van der Waals surface area contributed by atoms with Crippen LogP contribution in [0.4, 0.5) is 4.79 Å². The molecule has 0 spiro atoms. The summed E-state index contributed by atoms with van der Waals surface area (Å²) in [7, 11) is 1.56. The van der Waals surface area contributed by atoms with Crippen LogP contribution in [0.5, 0.6) is 11.5 Å². The zero-order chi connectivity index (χ0) is 23.4. The molecule has 0 atom stereocenters. The monoisotopic (exact) mass is 543 g/mol.